The topological polar surface area (TPSA) is 83.3 Å². The van der Waals surface area contributed by atoms with E-state index in [9.17, 15) is 4.79 Å². The molecule has 2 aromatic carbocycles. The summed E-state index contributed by atoms with van der Waals surface area (Å²) in [6.07, 6.45) is 1.88. The minimum absolute atomic E-state index is 0.146. The number of likely N-dealkylation sites (tertiary alicyclic amines) is 1. The highest BCUT2D eigenvalue weighted by molar-refractivity contribution is 6.30. The minimum Gasteiger partial charge on any atom is -0.380 e. The molecule has 36 heavy (non-hydrogen) atoms. The van der Waals surface area contributed by atoms with Gasteiger partial charge in [-0.1, -0.05) is 35.0 Å². The zero-order valence-electron chi connectivity index (χ0n) is 20.8. The third kappa shape index (κ3) is 5.22. The Balaban J connectivity index is 1.50. The van der Waals surface area contributed by atoms with E-state index >= 15 is 0 Å². The fourth-order valence-electron chi connectivity index (χ4n) is 4.80. The molecule has 2 aromatic heterocycles. The number of amides is 1. The van der Waals surface area contributed by atoms with Gasteiger partial charge in [0.15, 0.2) is 0 Å². The Bertz CT molecular complexity index is 1390. The first-order valence-corrected chi connectivity index (χ1v) is 12.6. The average molecular weight is 504 g/mol. The Morgan fingerprint density at radius 2 is 1.94 bits per heavy atom. The second kappa shape index (κ2) is 10.3. The van der Waals surface area contributed by atoms with Crippen LogP contribution in [0.3, 0.4) is 0 Å². The van der Waals surface area contributed by atoms with Crippen LogP contribution in [-0.4, -0.2) is 47.1 Å². The van der Waals surface area contributed by atoms with Gasteiger partial charge in [-0.2, -0.15) is 0 Å². The number of halogens is 1. The first-order chi connectivity index (χ1) is 17.4. The maximum atomic E-state index is 13.2. The van der Waals surface area contributed by atoms with Gasteiger partial charge in [0, 0.05) is 34.2 Å². The lowest BCUT2D eigenvalue weighted by atomic mass is 10.0. The molecule has 1 amide bonds. The van der Waals surface area contributed by atoms with E-state index in [4.69, 9.17) is 21.1 Å². The second-order valence-corrected chi connectivity index (χ2v) is 9.96. The van der Waals surface area contributed by atoms with Crippen LogP contribution in [0.2, 0.25) is 5.02 Å². The normalized spacial score (nSPS) is 14.8. The summed E-state index contributed by atoms with van der Waals surface area (Å²) < 4.78 is 5.39. The number of hydrogen-bond donors (Lipinski definition) is 2. The Kier molecular flexibility index (Phi) is 6.94. The molecule has 1 aliphatic heterocycles. The second-order valence-electron chi connectivity index (χ2n) is 9.52. The van der Waals surface area contributed by atoms with Crippen LogP contribution < -0.4 is 10.6 Å². The van der Waals surface area contributed by atoms with E-state index in [0.717, 1.165) is 70.7 Å². The van der Waals surface area contributed by atoms with Crippen molar-refractivity contribution in [3.63, 3.8) is 0 Å². The number of carbonyl (C=O) groups excluding carboxylic acids is 1. The molecule has 0 atom stereocenters. The molecule has 8 heteroatoms. The molecule has 0 radical (unpaired) electrons. The van der Waals surface area contributed by atoms with Gasteiger partial charge in [0.05, 0.1) is 11.2 Å². The first kappa shape index (κ1) is 24.3. The fourth-order valence-corrected chi connectivity index (χ4v) is 5.01. The first-order valence-electron chi connectivity index (χ1n) is 12.2. The van der Waals surface area contributed by atoms with Crippen LogP contribution >= 0.6 is 11.6 Å². The van der Waals surface area contributed by atoms with E-state index in [-0.39, 0.29) is 11.9 Å². The van der Waals surface area contributed by atoms with Crippen LogP contribution in [0.4, 0.5) is 5.69 Å². The number of hydrogen-bond acceptors (Lipinski definition) is 6. The van der Waals surface area contributed by atoms with E-state index in [0.29, 0.717) is 17.3 Å². The molecule has 7 nitrogen and oxygen atoms in total. The summed E-state index contributed by atoms with van der Waals surface area (Å²) in [7, 11) is 2.11. The number of rotatable bonds is 6. The Morgan fingerprint density at radius 1 is 1.14 bits per heavy atom. The van der Waals surface area contributed by atoms with E-state index in [1.165, 1.54) is 0 Å². The van der Waals surface area contributed by atoms with E-state index < -0.39 is 0 Å². The van der Waals surface area contributed by atoms with Crippen LogP contribution in [0.5, 0.6) is 0 Å². The third-order valence-corrected chi connectivity index (χ3v) is 7.02. The lowest BCUT2D eigenvalue weighted by Crippen LogP contribution is -2.43. The molecule has 1 saturated heterocycles. The smallest absolute Gasteiger partial charge is 0.270 e. The molecule has 1 fully saturated rings. The van der Waals surface area contributed by atoms with Crippen molar-refractivity contribution in [3.05, 3.63) is 76.3 Å². The van der Waals surface area contributed by atoms with E-state index in [1.807, 2.05) is 56.3 Å². The van der Waals surface area contributed by atoms with Crippen molar-refractivity contribution in [1.82, 2.24) is 20.4 Å². The summed E-state index contributed by atoms with van der Waals surface area (Å²) in [6, 6.07) is 15.8. The largest absolute Gasteiger partial charge is 0.380 e. The highest BCUT2D eigenvalue weighted by Crippen LogP contribution is 2.32. The highest BCUT2D eigenvalue weighted by atomic mass is 35.5. The molecule has 2 N–H and O–H groups in total. The summed E-state index contributed by atoms with van der Waals surface area (Å²) in [5.41, 5.74) is 5.84. The van der Waals surface area contributed by atoms with Gasteiger partial charge in [-0.05, 0) is 88.3 Å². The molecule has 186 valence electrons. The van der Waals surface area contributed by atoms with Crippen LogP contribution in [0.25, 0.3) is 22.0 Å². The summed E-state index contributed by atoms with van der Waals surface area (Å²) in [6.45, 7) is 6.36. The molecule has 1 aliphatic rings. The molecule has 0 bridgehead atoms. The number of pyridine rings is 1. The van der Waals surface area contributed by atoms with Gasteiger partial charge in [0.1, 0.15) is 11.5 Å². The van der Waals surface area contributed by atoms with Gasteiger partial charge >= 0.3 is 0 Å². The number of aromatic nitrogens is 2. The van der Waals surface area contributed by atoms with E-state index in [2.05, 4.69) is 33.8 Å². The number of anilines is 1. The molecule has 0 aliphatic carbocycles. The Hall–Kier alpha value is -3.42. The minimum atomic E-state index is -0.146. The zero-order valence-corrected chi connectivity index (χ0v) is 21.5. The van der Waals surface area contributed by atoms with E-state index in [1.54, 1.807) is 0 Å². The quantitative estimate of drug-likeness (QED) is 0.356. The number of nitrogens with zero attached hydrogens (tertiary/aromatic N) is 3. The van der Waals surface area contributed by atoms with Crippen LogP contribution in [0.1, 0.15) is 40.3 Å². The van der Waals surface area contributed by atoms with Gasteiger partial charge in [-0.25, -0.2) is 4.98 Å². The van der Waals surface area contributed by atoms with Crippen molar-refractivity contribution >= 4 is 34.1 Å². The van der Waals surface area contributed by atoms with Gasteiger partial charge in [0.2, 0.25) is 0 Å². The fraction of sp³-hybridized carbons (Fsp3) is 0.321. The summed E-state index contributed by atoms with van der Waals surface area (Å²) >= 11 is 6.19. The number of fused-ring (bicyclic) bond motifs is 1. The van der Waals surface area contributed by atoms with Crippen molar-refractivity contribution in [2.75, 3.05) is 25.5 Å². The number of benzene rings is 2. The van der Waals surface area contributed by atoms with Crippen LogP contribution in [0.15, 0.2) is 53.1 Å². The molecule has 4 aromatic rings. The van der Waals surface area contributed by atoms with Crippen molar-refractivity contribution < 1.29 is 9.32 Å². The van der Waals surface area contributed by atoms with Crippen molar-refractivity contribution in [2.45, 2.75) is 39.3 Å². The molecule has 0 saturated carbocycles. The maximum Gasteiger partial charge on any atom is 0.270 e. The summed E-state index contributed by atoms with van der Waals surface area (Å²) in [4.78, 5) is 20.2. The molecular formula is C28H30ClN5O2. The SMILES string of the molecule is Cc1noc(C)c1-c1ccc2nc(C(=O)NC3CCN(C)CC3)cc(NCc3cccc(Cl)c3)c2c1. The predicted octanol–water partition coefficient (Wildman–Crippen LogP) is 5.60. The van der Waals surface area contributed by atoms with Crippen LogP contribution in [0, 0.1) is 13.8 Å². The van der Waals surface area contributed by atoms with Gasteiger partial charge in [0.25, 0.3) is 5.91 Å². The Morgan fingerprint density at radius 3 is 2.67 bits per heavy atom. The van der Waals surface area contributed by atoms with Crippen molar-refractivity contribution in [3.8, 4) is 11.1 Å². The molecule has 0 unspecified atom stereocenters. The number of piperidine rings is 1. The molecule has 5 rings (SSSR count). The summed E-state index contributed by atoms with van der Waals surface area (Å²) in [5.74, 6) is 0.620. The number of aryl methyl sites for hydroxylation is 2. The molecule has 3 heterocycles. The maximum absolute atomic E-state index is 13.2. The summed E-state index contributed by atoms with van der Waals surface area (Å²) in [5, 5.41) is 12.4. The van der Waals surface area contributed by atoms with Gasteiger partial charge in [-0.15, -0.1) is 0 Å². The van der Waals surface area contributed by atoms with Gasteiger partial charge in [-0.3, -0.25) is 4.79 Å². The Labute approximate surface area is 215 Å². The van der Waals surface area contributed by atoms with Crippen molar-refractivity contribution in [2.24, 2.45) is 0 Å². The zero-order chi connectivity index (χ0) is 25.2. The predicted molar refractivity (Wildman–Crippen MR) is 143 cm³/mol. The third-order valence-electron chi connectivity index (χ3n) is 6.79. The lowest BCUT2D eigenvalue weighted by molar-refractivity contribution is 0.0912. The molecule has 0 spiro atoms. The number of carbonyl (C=O) groups is 1. The average Bonchev–Trinajstić information content (AvgIpc) is 3.21. The van der Waals surface area contributed by atoms with Crippen molar-refractivity contribution in [1.29, 1.82) is 0 Å². The lowest BCUT2D eigenvalue weighted by Gasteiger charge is -2.29. The standard InChI is InChI=1S/C28H30ClN5O2/c1-17-27(18(2)36-33-17)20-7-8-24-23(14-20)25(30-16-19-5-4-6-21(29)13-19)15-26(32-24)28(35)31-22-9-11-34(3)12-10-22/h4-8,13-15,22H,9-12,16H2,1-3H3,(H,30,32)(H,31,35). The number of nitrogens with one attached hydrogen (secondary N) is 2. The highest BCUT2D eigenvalue weighted by Gasteiger charge is 2.21. The van der Waals surface area contributed by atoms with Gasteiger partial charge < -0.3 is 20.1 Å². The monoisotopic (exact) mass is 503 g/mol. The molecular weight excluding hydrogens is 474 g/mol. The van der Waals surface area contributed by atoms with Crippen LogP contribution in [-0.2, 0) is 6.54 Å².